The fraction of sp³-hybridized carbons (Fsp3) is 0.333. The van der Waals surface area contributed by atoms with Crippen LogP contribution in [0.4, 0.5) is 0 Å². The zero-order valence-electron chi connectivity index (χ0n) is 21.1. The van der Waals surface area contributed by atoms with E-state index in [1.54, 1.807) is 4.90 Å². The Hall–Kier alpha value is -3.11. The first-order valence-corrected chi connectivity index (χ1v) is 12.6. The smallest absolute Gasteiger partial charge is 0.243 e. The maximum atomic E-state index is 13.9. The summed E-state index contributed by atoms with van der Waals surface area (Å²) in [6, 6.07) is 22.8. The van der Waals surface area contributed by atoms with E-state index >= 15 is 0 Å². The van der Waals surface area contributed by atoms with Crippen LogP contribution in [0.15, 0.2) is 72.8 Å². The maximum Gasteiger partial charge on any atom is 0.243 e. The number of halogens is 1. The summed E-state index contributed by atoms with van der Waals surface area (Å²) >= 11 is 6.25. The summed E-state index contributed by atoms with van der Waals surface area (Å²) in [6.07, 6.45) is 1.48. The summed E-state index contributed by atoms with van der Waals surface area (Å²) < 4.78 is 0. The van der Waals surface area contributed by atoms with Crippen LogP contribution in [-0.2, 0) is 29.0 Å². The lowest BCUT2D eigenvalue weighted by atomic mass is 9.99. The van der Waals surface area contributed by atoms with Crippen LogP contribution in [-0.4, -0.2) is 28.8 Å². The van der Waals surface area contributed by atoms with Gasteiger partial charge in [0, 0.05) is 24.0 Å². The first kappa shape index (κ1) is 26.5. The Labute approximate surface area is 214 Å². The molecule has 2 amide bonds. The quantitative estimate of drug-likeness (QED) is 0.376. The third-order valence-electron chi connectivity index (χ3n) is 6.36. The summed E-state index contributed by atoms with van der Waals surface area (Å²) in [5.74, 6) is -0.224. The lowest BCUT2D eigenvalue weighted by Gasteiger charge is -2.32. The van der Waals surface area contributed by atoms with Gasteiger partial charge < -0.3 is 10.2 Å². The number of aryl methyl sites for hydroxylation is 2. The van der Waals surface area contributed by atoms with Crippen molar-refractivity contribution in [2.24, 2.45) is 0 Å². The van der Waals surface area contributed by atoms with E-state index in [0.29, 0.717) is 18.0 Å². The zero-order valence-corrected chi connectivity index (χ0v) is 21.8. The van der Waals surface area contributed by atoms with Crippen molar-refractivity contribution in [3.8, 4) is 0 Å². The molecular formula is C30H35ClN2O2. The number of amides is 2. The molecule has 0 aromatic heterocycles. The molecule has 5 heteroatoms. The summed E-state index contributed by atoms with van der Waals surface area (Å²) in [4.78, 5) is 29.2. The molecular weight excluding hydrogens is 456 g/mol. The van der Waals surface area contributed by atoms with E-state index in [0.717, 1.165) is 34.2 Å². The highest BCUT2D eigenvalue weighted by atomic mass is 35.5. The minimum Gasteiger partial charge on any atom is -0.352 e. The number of hydrogen-bond donors (Lipinski definition) is 1. The SMILES string of the molecule is CC[C@H](C)NC(=O)[C@@H](Cc1ccccc1)N(Cc1cccc(Cl)c1)C(=O)Cc1cc(C)ccc1C. The Bertz CT molecular complexity index is 1150. The molecule has 0 aliphatic carbocycles. The Morgan fingerprint density at radius 2 is 1.66 bits per heavy atom. The second-order valence-corrected chi connectivity index (χ2v) is 9.72. The lowest BCUT2D eigenvalue weighted by Crippen LogP contribution is -2.52. The van der Waals surface area contributed by atoms with E-state index in [-0.39, 0.29) is 24.3 Å². The highest BCUT2D eigenvalue weighted by molar-refractivity contribution is 6.30. The molecule has 0 fully saturated rings. The van der Waals surface area contributed by atoms with Gasteiger partial charge in [0.1, 0.15) is 6.04 Å². The van der Waals surface area contributed by atoms with Gasteiger partial charge in [0.15, 0.2) is 0 Å². The normalized spacial score (nSPS) is 12.6. The molecule has 3 aromatic carbocycles. The van der Waals surface area contributed by atoms with Crippen molar-refractivity contribution in [3.05, 3.63) is 106 Å². The van der Waals surface area contributed by atoms with Crippen LogP contribution in [0.2, 0.25) is 5.02 Å². The summed E-state index contributed by atoms with van der Waals surface area (Å²) in [5, 5.41) is 3.71. The average Bonchev–Trinajstić information content (AvgIpc) is 2.84. The van der Waals surface area contributed by atoms with E-state index in [2.05, 4.69) is 11.4 Å². The molecule has 0 radical (unpaired) electrons. The van der Waals surface area contributed by atoms with Gasteiger partial charge >= 0.3 is 0 Å². The van der Waals surface area contributed by atoms with E-state index < -0.39 is 6.04 Å². The third kappa shape index (κ3) is 7.69. The first-order valence-electron chi connectivity index (χ1n) is 12.2. The van der Waals surface area contributed by atoms with Crippen molar-refractivity contribution >= 4 is 23.4 Å². The van der Waals surface area contributed by atoms with Gasteiger partial charge in [-0.1, -0.05) is 84.8 Å². The number of carbonyl (C=O) groups is 2. The number of hydrogen-bond acceptors (Lipinski definition) is 2. The summed E-state index contributed by atoms with van der Waals surface area (Å²) in [6.45, 7) is 8.36. The largest absolute Gasteiger partial charge is 0.352 e. The summed E-state index contributed by atoms with van der Waals surface area (Å²) in [5.41, 5.74) is 5.05. The second kappa shape index (κ2) is 12.6. The van der Waals surface area contributed by atoms with Crippen LogP contribution in [0.25, 0.3) is 0 Å². The van der Waals surface area contributed by atoms with Crippen LogP contribution in [0.1, 0.15) is 48.1 Å². The molecule has 3 aromatic rings. The van der Waals surface area contributed by atoms with Gasteiger partial charge in [0.2, 0.25) is 11.8 Å². The standard InChI is InChI=1S/C30H35ClN2O2/c1-5-23(4)32-30(35)28(18-24-10-7-6-8-11-24)33(20-25-12-9-13-27(31)17-25)29(34)19-26-16-21(2)14-15-22(26)3/h6-17,23,28H,5,18-20H2,1-4H3,(H,32,35)/t23-,28+/m0/s1. The van der Waals surface area contributed by atoms with Crippen LogP contribution in [0.3, 0.4) is 0 Å². The van der Waals surface area contributed by atoms with Gasteiger partial charge in [0.05, 0.1) is 6.42 Å². The molecule has 0 unspecified atom stereocenters. The molecule has 1 N–H and O–H groups in total. The molecule has 0 spiro atoms. The van der Waals surface area contributed by atoms with Crippen LogP contribution >= 0.6 is 11.6 Å². The van der Waals surface area contributed by atoms with E-state index in [1.807, 2.05) is 94.4 Å². The number of benzene rings is 3. The third-order valence-corrected chi connectivity index (χ3v) is 6.60. The summed E-state index contributed by atoms with van der Waals surface area (Å²) in [7, 11) is 0. The van der Waals surface area contributed by atoms with Crippen molar-refractivity contribution in [2.75, 3.05) is 0 Å². The monoisotopic (exact) mass is 490 g/mol. The lowest BCUT2D eigenvalue weighted by molar-refractivity contribution is -0.141. The second-order valence-electron chi connectivity index (χ2n) is 9.28. The van der Waals surface area contributed by atoms with Crippen molar-refractivity contribution in [2.45, 2.75) is 65.6 Å². The molecule has 4 nitrogen and oxygen atoms in total. The Balaban J connectivity index is 2.00. The molecule has 0 saturated heterocycles. The maximum absolute atomic E-state index is 13.9. The van der Waals surface area contributed by atoms with Gasteiger partial charge in [-0.15, -0.1) is 0 Å². The highest BCUT2D eigenvalue weighted by Gasteiger charge is 2.31. The van der Waals surface area contributed by atoms with Gasteiger partial charge in [-0.05, 0) is 61.6 Å². The van der Waals surface area contributed by atoms with Crippen molar-refractivity contribution in [1.82, 2.24) is 10.2 Å². The van der Waals surface area contributed by atoms with E-state index in [9.17, 15) is 9.59 Å². The molecule has 3 rings (SSSR count). The van der Waals surface area contributed by atoms with Gasteiger partial charge in [0.25, 0.3) is 0 Å². The minimum absolute atomic E-state index is 0.0166. The van der Waals surface area contributed by atoms with Crippen LogP contribution in [0, 0.1) is 13.8 Å². The molecule has 0 bridgehead atoms. The number of nitrogens with zero attached hydrogens (tertiary/aromatic N) is 1. The predicted octanol–water partition coefficient (Wildman–Crippen LogP) is 6.05. The Morgan fingerprint density at radius 1 is 0.943 bits per heavy atom. The topological polar surface area (TPSA) is 49.4 Å². The van der Waals surface area contributed by atoms with Crippen molar-refractivity contribution in [3.63, 3.8) is 0 Å². The Morgan fingerprint density at radius 3 is 2.34 bits per heavy atom. The van der Waals surface area contributed by atoms with Crippen LogP contribution in [0.5, 0.6) is 0 Å². The highest BCUT2D eigenvalue weighted by Crippen LogP contribution is 2.20. The molecule has 0 aliphatic rings. The van der Waals surface area contributed by atoms with Gasteiger partial charge in [-0.3, -0.25) is 9.59 Å². The fourth-order valence-electron chi connectivity index (χ4n) is 4.08. The molecule has 0 aliphatic heterocycles. The number of rotatable bonds is 10. The molecule has 184 valence electrons. The average molecular weight is 491 g/mol. The van der Waals surface area contributed by atoms with Gasteiger partial charge in [-0.25, -0.2) is 0 Å². The minimum atomic E-state index is -0.650. The molecule has 35 heavy (non-hydrogen) atoms. The number of nitrogens with one attached hydrogen (secondary N) is 1. The van der Waals surface area contributed by atoms with E-state index in [4.69, 9.17) is 11.6 Å². The van der Waals surface area contributed by atoms with Gasteiger partial charge in [-0.2, -0.15) is 0 Å². The van der Waals surface area contributed by atoms with Crippen molar-refractivity contribution < 1.29 is 9.59 Å². The fourth-order valence-corrected chi connectivity index (χ4v) is 4.30. The Kier molecular flexibility index (Phi) is 9.50. The van der Waals surface area contributed by atoms with Crippen LogP contribution < -0.4 is 5.32 Å². The number of carbonyl (C=O) groups excluding carboxylic acids is 2. The molecule has 2 atom stereocenters. The molecule has 0 heterocycles. The van der Waals surface area contributed by atoms with Crippen molar-refractivity contribution in [1.29, 1.82) is 0 Å². The van der Waals surface area contributed by atoms with E-state index in [1.165, 1.54) is 0 Å². The molecule has 0 saturated carbocycles. The first-order chi connectivity index (χ1) is 16.8. The predicted molar refractivity (Wildman–Crippen MR) is 143 cm³/mol. The zero-order chi connectivity index (χ0) is 25.4.